The van der Waals surface area contributed by atoms with Gasteiger partial charge in [0, 0.05) is 23.7 Å². The monoisotopic (exact) mass is 415 g/mol. The summed E-state index contributed by atoms with van der Waals surface area (Å²) in [7, 11) is -3.36. The van der Waals surface area contributed by atoms with Crippen molar-refractivity contribution in [3.8, 4) is 11.7 Å². The number of hydrogen-bond donors (Lipinski definition) is 1. The van der Waals surface area contributed by atoms with Gasteiger partial charge in [-0.3, -0.25) is 4.79 Å². The average molecular weight is 415 g/mol. The van der Waals surface area contributed by atoms with Crippen molar-refractivity contribution in [2.45, 2.75) is 25.7 Å². The Morgan fingerprint density at radius 3 is 2.41 bits per heavy atom. The zero-order valence-electron chi connectivity index (χ0n) is 16.5. The first-order valence-corrected chi connectivity index (χ1v) is 10.6. The SMILES string of the molecule is Cc1cc(C)nc(-n2nc(C)cc2NC(=O)COc2cccc(S(C)(=O)=O)c2)n1. The van der Waals surface area contributed by atoms with Crippen LogP contribution >= 0.6 is 0 Å². The van der Waals surface area contributed by atoms with Crippen molar-refractivity contribution < 1.29 is 17.9 Å². The molecule has 10 heteroatoms. The van der Waals surface area contributed by atoms with E-state index in [1.54, 1.807) is 25.1 Å². The van der Waals surface area contributed by atoms with Gasteiger partial charge in [0.15, 0.2) is 16.4 Å². The molecule has 0 unspecified atom stereocenters. The Morgan fingerprint density at radius 2 is 1.76 bits per heavy atom. The second-order valence-corrected chi connectivity index (χ2v) is 8.63. The van der Waals surface area contributed by atoms with Crippen molar-refractivity contribution in [3.63, 3.8) is 0 Å². The molecule has 1 N–H and O–H groups in total. The molecule has 0 fully saturated rings. The number of hydrogen-bond acceptors (Lipinski definition) is 7. The number of sulfone groups is 1. The first kappa shape index (κ1) is 20.5. The molecule has 9 nitrogen and oxygen atoms in total. The Kier molecular flexibility index (Phi) is 5.64. The Morgan fingerprint density at radius 1 is 1.07 bits per heavy atom. The molecule has 2 aromatic heterocycles. The zero-order valence-corrected chi connectivity index (χ0v) is 17.3. The van der Waals surface area contributed by atoms with Gasteiger partial charge in [-0.1, -0.05) is 6.07 Å². The molecule has 29 heavy (non-hydrogen) atoms. The summed E-state index contributed by atoms with van der Waals surface area (Å²) in [6.07, 6.45) is 1.11. The number of carbonyl (C=O) groups is 1. The van der Waals surface area contributed by atoms with Crippen molar-refractivity contribution in [1.82, 2.24) is 19.7 Å². The fraction of sp³-hybridized carbons (Fsp3) is 0.263. The smallest absolute Gasteiger partial charge is 0.263 e. The van der Waals surface area contributed by atoms with Gasteiger partial charge in [0.25, 0.3) is 11.9 Å². The van der Waals surface area contributed by atoms with Gasteiger partial charge in [0.1, 0.15) is 11.6 Å². The number of rotatable bonds is 6. The van der Waals surface area contributed by atoms with Crippen LogP contribution in [0.5, 0.6) is 5.75 Å². The minimum absolute atomic E-state index is 0.121. The van der Waals surface area contributed by atoms with E-state index in [9.17, 15) is 13.2 Å². The maximum atomic E-state index is 12.4. The number of nitrogens with zero attached hydrogens (tertiary/aromatic N) is 4. The van der Waals surface area contributed by atoms with Crippen LogP contribution in [0.2, 0.25) is 0 Å². The van der Waals surface area contributed by atoms with E-state index in [0.717, 1.165) is 17.6 Å². The predicted octanol–water partition coefficient (Wildman–Crippen LogP) is 2.01. The molecule has 0 aliphatic heterocycles. The van der Waals surface area contributed by atoms with Crippen LogP contribution in [0, 0.1) is 20.8 Å². The topological polar surface area (TPSA) is 116 Å². The zero-order chi connectivity index (χ0) is 21.2. The van der Waals surface area contributed by atoms with E-state index >= 15 is 0 Å². The fourth-order valence-electron chi connectivity index (χ4n) is 2.67. The quantitative estimate of drug-likeness (QED) is 0.654. The molecule has 0 radical (unpaired) electrons. The van der Waals surface area contributed by atoms with Gasteiger partial charge in [-0.2, -0.15) is 9.78 Å². The summed E-state index contributed by atoms with van der Waals surface area (Å²) < 4.78 is 30.1. The molecule has 2 heterocycles. The molecule has 0 bridgehead atoms. The highest BCUT2D eigenvalue weighted by atomic mass is 32.2. The molecular weight excluding hydrogens is 394 g/mol. The average Bonchev–Trinajstić information content (AvgIpc) is 2.99. The number of amides is 1. The number of benzene rings is 1. The number of ether oxygens (including phenoxy) is 1. The van der Waals surface area contributed by atoms with Gasteiger partial charge >= 0.3 is 0 Å². The number of carbonyl (C=O) groups excluding carboxylic acids is 1. The highest BCUT2D eigenvalue weighted by molar-refractivity contribution is 7.90. The Labute approximate surface area is 168 Å². The standard InChI is InChI=1S/C19H21N5O4S/c1-12-8-13(2)21-19(20-12)24-17(9-14(3)23-24)22-18(25)11-28-15-6-5-7-16(10-15)29(4,26)27/h5-10H,11H2,1-4H3,(H,22,25). The molecule has 1 aromatic carbocycles. The van der Waals surface area contributed by atoms with E-state index in [4.69, 9.17) is 4.74 Å². The largest absolute Gasteiger partial charge is 0.484 e. The summed E-state index contributed by atoms with van der Waals surface area (Å²) in [6.45, 7) is 5.20. The number of aromatic nitrogens is 4. The van der Waals surface area contributed by atoms with E-state index < -0.39 is 15.7 Å². The van der Waals surface area contributed by atoms with Crippen LogP contribution in [0.1, 0.15) is 17.1 Å². The van der Waals surface area contributed by atoms with Crippen molar-refractivity contribution in [2.75, 3.05) is 18.2 Å². The van der Waals surface area contributed by atoms with Crippen LogP contribution in [0.4, 0.5) is 5.82 Å². The van der Waals surface area contributed by atoms with E-state index in [2.05, 4.69) is 20.4 Å². The third kappa shape index (κ3) is 5.17. The minimum atomic E-state index is -3.36. The lowest BCUT2D eigenvalue weighted by Crippen LogP contribution is -2.22. The van der Waals surface area contributed by atoms with Gasteiger partial charge in [-0.15, -0.1) is 0 Å². The van der Waals surface area contributed by atoms with E-state index in [-0.39, 0.29) is 17.3 Å². The first-order valence-electron chi connectivity index (χ1n) is 8.74. The molecule has 0 aliphatic carbocycles. The summed E-state index contributed by atoms with van der Waals surface area (Å²) in [5.41, 5.74) is 2.25. The molecule has 3 rings (SSSR count). The number of aryl methyl sites for hydroxylation is 3. The van der Waals surface area contributed by atoms with Gasteiger partial charge < -0.3 is 10.1 Å². The summed E-state index contributed by atoms with van der Waals surface area (Å²) in [6, 6.07) is 9.52. The van der Waals surface area contributed by atoms with Gasteiger partial charge in [-0.25, -0.2) is 18.4 Å². The third-order valence-corrected chi connectivity index (χ3v) is 4.97. The van der Waals surface area contributed by atoms with Crippen LogP contribution < -0.4 is 10.1 Å². The van der Waals surface area contributed by atoms with Crippen molar-refractivity contribution in [2.24, 2.45) is 0 Å². The van der Waals surface area contributed by atoms with Crippen LogP contribution in [0.3, 0.4) is 0 Å². The van der Waals surface area contributed by atoms with Gasteiger partial charge in [-0.05, 0) is 45.0 Å². The summed E-state index contributed by atoms with van der Waals surface area (Å²) >= 11 is 0. The molecular formula is C19H21N5O4S. The molecule has 0 saturated heterocycles. The molecule has 1 amide bonds. The van der Waals surface area contributed by atoms with Crippen LogP contribution in [-0.2, 0) is 14.6 Å². The second kappa shape index (κ2) is 8.00. The lowest BCUT2D eigenvalue weighted by atomic mass is 10.3. The number of anilines is 1. The highest BCUT2D eigenvalue weighted by Gasteiger charge is 2.14. The highest BCUT2D eigenvalue weighted by Crippen LogP contribution is 2.18. The third-order valence-electron chi connectivity index (χ3n) is 3.86. The molecule has 0 saturated carbocycles. The minimum Gasteiger partial charge on any atom is -0.484 e. The van der Waals surface area contributed by atoms with E-state index in [0.29, 0.717) is 17.5 Å². The molecule has 0 aliphatic rings. The van der Waals surface area contributed by atoms with Crippen molar-refractivity contribution in [1.29, 1.82) is 0 Å². The maximum Gasteiger partial charge on any atom is 0.263 e. The lowest BCUT2D eigenvalue weighted by molar-refractivity contribution is -0.118. The Bertz CT molecular complexity index is 1150. The molecule has 0 atom stereocenters. The summed E-state index contributed by atoms with van der Waals surface area (Å²) in [5, 5.41) is 7.06. The van der Waals surface area contributed by atoms with Gasteiger partial charge in [0.05, 0.1) is 10.6 Å². The molecule has 0 spiro atoms. The first-order chi connectivity index (χ1) is 13.6. The summed E-state index contributed by atoms with van der Waals surface area (Å²) in [5.74, 6) is 0.615. The lowest BCUT2D eigenvalue weighted by Gasteiger charge is -2.10. The maximum absolute atomic E-state index is 12.4. The predicted molar refractivity (Wildman–Crippen MR) is 107 cm³/mol. The van der Waals surface area contributed by atoms with Crippen LogP contribution in [-0.4, -0.2) is 46.9 Å². The van der Waals surface area contributed by atoms with E-state index in [1.807, 2.05) is 19.9 Å². The Balaban J connectivity index is 1.74. The number of nitrogens with one attached hydrogen (secondary N) is 1. The molecule has 3 aromatic rings. The van der Waals surface area contributed by atoms with Crippen LogP contribution in [0.25, 0.3) is 5.95 Å². The second-order valence-electron chi connectivity index (χ2n) is 6.62. The van der Waals surface area contributed by atoms with Crippen molar-refractivity contribution in [3.05, 3.63) is 53.5 Å². The Hall–Kier alpha value is -3.27. The van der Waals surface area contributed by atoms with Crippen molar-refractivity contribution >= 4 is 21.6 Å². The summed E-state index contributed by atoms with van der Waals surface area (Å²) in [4.78, 5) is 21.2. The van der Waals surface area contributed by atoms with Gasteiger partial charge in [0.2, 0.25) is 0 Å². The van der Waals surface area contributed by atoms with Crippen LogP contribution in [0.15, 0.2) is 41.3 Å². The normalized spacial score (nSPS) is 11.3. The molecule has 152 valence electrons. The van der Waals surface area contributed by atoms with E-state index in [1.165, 1.54) is 16.8 Å². The fourth-order valence-corrected chi connectivity index (χ4v) is 3.32.